The van der Waals surface area contributed by atoms with Crippen LogP contribution in [0.25, 0.3) is 0 Å². The molecule has 2 aromatic carbocycles. The van der Waals surface area contributed by atoms with Gasteiger partial charge in [0.1, 0.15) is 11.8 Å². The summed E-state index contributed by atoms with van der Waals surface area (Å²) in [6.07, 6.45) is 0.115. The highest BCUT2D eigenvalue weighted by atomic mass is 35.5. The molecule has 0 saturated carbocycles. The monoisotopic (exact) mass is 440 g/mol. The minimum atomic E-state index is -0.505. The van der Waals surface area contributed by atoms with Crippen LogP contribution in [-0.4, -0.2) is 26.7 Å². The number of rotatable bonds is 6. The number of carbonyl (C=O) groups excluding carboxylic acids is 2. The summed E-state index contributed by atoms with van der Waals surface area (Å²) in [6, 6.07) is 11.4. The Hall–Kier alpha value is -3.32. The molecule has 0 spiro atoms. The quantitative estimate of drug-likeness (QED) is 0.524. The number of nitrogens with zero attached hydrogens (tertiary/aromatic N) is 2. The van der Waals surface area contributed by atoms with E-state index >= 15 is 0 Å². The van der Waals surface area contributed by atoms with Gasteiger partial charge >= 0.3 is 0 Å². The van der Waals surface area contributed by atoms with Gasteiger partial charge in [-0.1, -0.05) is 23.7 Å². The second kappa shape index (κ2) is 9.22. The zero-order valence-corrected chi connectivity index (χ0v) is 18.6. The highest BCUT2D eigenvalue weighted by molar-refractivity contribution is 6.34. The number of anilines is 2. The number of halogens is 1. The smallest absolute Gasteiger partial charge is 0.248 e. The van der Waals surface area contributed by atoms with Gasteiger partial charge in [-0.05, 0) is 69.2 Å². The Labute approximate surface area is 186 Å². The molecule has 31 heavy (non-hydrogen) atoms. The van der Waals surface area contributed by atoms with Crippen molar-refractivity contribution in [3.63, 3.8) is 0 Å². The maximum absolute atomic E-state index is 12.6. The van der Waals surface area contributed by atoms with E-state index in [0.29, 0.717) is 22.0 Å². The summed E-state index contributed by atoms with van der Waals surface area (Å²) in [5.41, 5.74) is 4.15. The lowest BCUT2D eigenvalue weighted by atomic mass is 10.1. The van der Waals surface area contributed by atoms with Crippen molar-refractivity contribution in [3.8, 4) is 5.75 Å². The van der Waals surface area contributed by atoms with Crippen molar-refractivity contribution < 1.29 is 14.7 Å². The van der Waals surface area contributed by atoms with Gasteiger partial charge in [0.25, 0.3) is 0 Å². The average molecular weight is 441 g/mol. The highest BCUT2D eigenvalue weighted by Crippen LogP contribution is 2.27. The van der Waals surface area contributed by atoms with Crippen molar-refractivity contribution in [2.75, 3.05) is 10.6 Å². The summed E-state index contributed by atoms with van der Waals surface area (Å²) in [4.78, 5) is 24.9. The first-order valence-corrected chi connectivity index (χ1v) is 10.2. The molecule has 7 nitrogen and oxygen atoms in total. The second-order valence-corrected chi connectivity index (χ2v) is 7.98. The van der Waals surface area contributed by atoms with Gasteiger partial charge in [0.15, 0.2) is 0 Å². The van der Waals surface area contributed by atoms with Gasteiger partial charge in [0, 0.05) is 11.4 Å². The molecule has 0 fully saturated rings. The average Bonchev–Trinajstić information content (AvgIpc) is 3.04. The second-order valence-electron chi connectivity index (χ2n) is 7.58. The molecule has 0 saturated heterocycles. The van der Waals surface area contributed by atoms with Crippen LogP contribution in [0.4, 0.5) is 11.4 Å². The van der Waals surface area contributed by atoms with E-state index in [1.807, 2.05) is 19.9 Å². The summed E-state index contributed by atoms with van der Waals surface area (Å²) in [5.74, 6) is -0.332. The van der Waals surface area contributed by atoms with Gasteiger partial charge in [-0.3, -0.25) is 14.3 Å². The maximum atomic E-state index is 12.6. The van der Waals surface area contributed by atoms with Crippen LogP contribution in [0, 0.1) is 20.8 Å². The molecule has 0 aliphatic rings. The van der Waals surface area contributed by atoms with E-state index in [1.165, 1.54) is 0 Å². The lowest BCUT2D eigenvalue weighted by molar-refractivity contribution is -0.119. The summed E-state index contributed by atoms with van der Waals surface area (Å²) in [5, 5.41) is 20.0. The number of amides is 2. The van der Waals surface area contributed by atoms with Gasteiger partial charge in [0.2, 0.25) is 11.8 Å². The van der Waals surface area contributed by atoms with Gasteiger partial charge in [-0.2, -0.15) is 5.10 Å². The molecule has 1 heterocycles. The number of phenolic OH excluding ortho intramolecular Hbond substituents is 1. The molecule has 2 amide bonds. The van der Waals surface area contributed by atoms with Crippen molar-refractivity contribution in [3.05, 3.63) is 70.0 Å². The molecule has 0 bridgehead atoms. The van der Waals surface area contributed by atoms with Crippen molar-refractivity contribution in [1.29, 1.82) is 0 Å². The molecule has 1 unspecified atom stereocenters. The summed E-state index contributed by atoms with van der Waals surface area (Å²) >= 11 is 6.32. The Kier molecular flexibility index (Phi) is 6.65. The van der Waals surface area contributed by atoms with Gasteiger partial charge in [-0.25, -0.2) is 0 Å². The Morgan fingerprint density at radius 3 is 2.45 bits per heavy atom. The zero-order chi connectivity index (χ0) is 22.7. The number of benzene rings is 2. The first-order chi connectivity index (χ1) is 14.6. The number of aryl methyl sites for hydroxylation is 3. The van der Waals surface area contributed by atoms with E-state index in [1.54, 1.807) is 54.9 Å². The predicted molar refractivity (Wildman–Crippen MR) is 122 cm³/mol. The van der Waals surface area contributed by atoms with Gasteiger partial charge < -0.3 is 15.7 Å². The van der Waals surface area contributed by atoms with Crippen LogP contribution in [0.3, 0.4) is 0 Å². The van der Waals surface area contributed by atoms with Gasteiger partial charge in [0.05, 0.1) is 22.8 Å². The SMILES string of the molecule is Cc1cc(C)n(C(C)C(=O)Nc2ccc(NC(=O)Cc3ccc(C)c(O)c3)cc2Cl)n1. The molecular formula is C23H25ClN4O3. The predicted octanol–water partition coefficient (Wildman–Crippen LogP) is 4.55. The first kappa shape index (κ1) is 22.4. The van der Waals surface area contributed by atoms with Crippen LogP contribution in [0.15, 0.2) is 42.5 Å². The molecule has 3 aromatic rings. The van der Waals surface area contributed by atoms with Crippen LogP contribution in [-0.2, 0) is 16.0 Å². The Morgan fingerprint density at radius 1 is 1.10 bits per heavy atom. The number of hydrogen-bond donors (Lipinski definition) is 3. The molecule has 162 valence electrons. The normalized spacial score (nSPS) is 11.8. The third kappa shape index (κ3) is 5.44. The molecule has 0 radical (unpaired) electrons. The number of aromatic nitrogens is 2. The van der Waals surface area contributed by atoms with E-state index in [2.05, 4.69) is 15.7 Å². The molecule has 8 heteroatoms. The Bertz CT molecular complexity index is 1140. The first-order valence-electron chi connectivity index (χ1n) is 9.85. The van der Waals surface area contributed by atoms with E-state index in [4.69, 9.17) is 11.6 Å². The van der Waals surface area contributed by atoms with E-state index in [-0.39, 0.29) is 24.0 Å². The topological polar surface area (TPSA) is 96.2 Å². The molecule has 1 atom stereocenters. The fourth-order valence-electron chi connectivity index (χ4n) is 3.24. The molecule has 0 aliphatic carbocycles. The van der Waals surface area contributed by atoms with E-state index < -0.39 is 6.04 Å². The van der Waals surface area contributed by atoms with Crippen LogP contribution in [0.1, 0.15) is 35.5 Å². The Morgan fingerprint density at radius 2 is 1.84 bits per heavy atom. The van der Waals surface area contributed by atoms with Gasteiger partial charge in [-0.15, -0.1) is 0 Å². The molecule has 1 aromatic heterocycles. The Balaban J connectivity index is 1.64. The maximum Gasteiger partial charge on any atom is 0.248 e. The highest BCUT2D eigenvalue weighted by Gasteiger charge is 2.19. The van der Waals surface area contributed by atoms with Crippen molar-refractivity contribution in [1.82, 2.24) is 9.78 Å². The molecule has 0 aliphatic heterocycles. The standard InChI is InChI=1S/C23H25ClN4O3/c1-13-5-6-17(10-21(13)29)11-22(30)25-18-7-8-20(19(24)12-18)26-23(31)16(4)28-15(3)9-14(2)27-28/h5-10,12,16,29H,11H2,1-4H3,(H,25,30)(H,26,31). The van der Waals surface area contributed by atoms with Crippen LogP contribution < -0.4 is 10.6 Å². The molecular weight excluding hydrogens is 416 g/mol. The summed E-state index contributed by atoms with van der Waals surface area (Å²) in [7, 11) is 0. The fourth-order valence-corrected chi connectivity index (χ4v) is 3.46. The van der Waals surface area contributed by atoms with Crippen LogP contribution in [0.5, 0.6) is 5.75 Å². The van der Waals surface area contributed by atoms with Crippen molar-refractivity contribution >= 4 is 34.8 Å². The van der Waals surface area contributed by atoms with Crippen LogP contribution in [0.2, 0.25) is 5.02 Å². The van der Waals surface area contributed by atoms with Crippen molar-refractivity contribution in [2.45, 2.75) is 40.2 Å². The molecule has 3 N–H and O–H groups in total. The number of carbonyl (C=O) groups is 2. The summed E-state index contributed by atoms with van der Waals surface area (Å²) < 4.78 is 1.66. The van der Waals surface area contributed by atoms with E-state index in [0.717, 1.165) is 17.0 Å². The lowest BCUT2D eigenvalue weighted by Gasteiger charge is -2.16. The lowest BCUT2D eigenvalue weighted by Crippen LogP contribution is -2.25. The zero-order valence-electron chi connectivity index (χ0n) is 17.9. The van der Waals surface area contributed by atoms with Crippen LogP contribution >= 0.6 is 11.6 Å². The number of nitrogens with one attached hydrogen (secondary N) is 2. The number of hydrogen-bond acceptors (Lipinski definition) is 4. The minimum Gasteiger partial charge on any atom is -0.508 e. The molecule has 3 rings (SSSR count). The fraction of sp³-hybridized carbons (Fsp3) is 0.261. The largest absolute Gasteiger partial charge is 0.508 e. The van der Waals surface area contributed by atoms with Crippen molar-refractivity contribution in [2.24, 2.45) is 0 Å². The third-order valence-corrected chi connectivity index (χ3v) is 5.25. The number of aromatic hydroxyl groups is 1. The third-order valence-electron chi connectivity index (χ3n) is 4.94. The van der Waals surface area contributed by atoms with E-state index in [9.17, 15) is 14.7 Å². The number of phenols is 1. The summed E-state index contributed by atoms with van der Waals surface area (Å²) in [6.45, 7) is 7.32. The minimum absolute atomic E-state index is 0.115.